The van der Waals surface area contributed by atoms with E-state index >= 15 is 0 Å². The second kappa shape index (κ2) is 7.82. The lowest BCUT2D eigenvalue weighted by Crippen LogP contribution is -2.38. The van der Waals surface area contributed by atoms with E-state index in [1.807, 2.05) is 0 Å². The predicted molar refractivity (Wildman–Crippen MR) is 89.0 cm³/mol. The van der Waals surface area contributed by atoms with Crippen LogP contribution in [0.1, 0.15) is 16.1 Å². The maximum Gasteiger partial charge on any atom is 0.406 e. The van der Waals surface area contributed by atoms with Crippen molar-refractivity contribution in [2.24, 2.45) is 0 Å². The third-order valence-corrected chi connectivity index (χ3v) is 4.07. The summed E-state index contributed by atoms with van der Waals surface area (Å²) in [7, 11) is 0. The van der Waals surface area contributed by atoms with E-state index in [4.69, 9.17) is 9.15 Å². The number of morpholine rings is 1. The van der Waals surface area contributed by atoms with Crippen LogP contribution >= 0.6 is 0 Å². The van der Waals surface area contributed by atoms with E-state index < -0.39 is 18.6 Å². The number of amides is 1. The van der Waals surface area contributed by atoms with Gasteiger partial charge in [0.05, 0.1) is 26.0 Å². The van der Waals surface area contributed by atoms with Crippen molar-refractivity contribution >= 4 is 11.6 Å². The van der Waals surface area contributed by atoms with Crippen LogP contribution in [-0.2, 0) is 11.3 Å². The van der Waals surface area contributed by atoms with E-state index in [9.17, 15) is 18.0 Å². The molecule has 140 valence electrons. The van der Waals surface area contributed by atoms with Gasteiger partial charge in [-0.25, -0.2) is 0 Å². The number of furan rings is 1. The normalized spacial score (nSPS) is 15.1. The number of hydrogen-bond acceptors (Lipinski definition) is 4. The molecule has 1 aliphatic rings. The van der Waals surface area contributed by atoms with Crippen molar-refractivity contribution in [3.05, 3.63) is 54.0 Å². The molecule has 1 aromatic carbocycles. The van der Waals surface area contributed by atoms with Crippen LogP contribution in [0.5, 0.6) is 0 Å². The zero-order valence-electron chi connectivity index (χ0n) is 14.0. The lowest BCUT2D eigenvalue weighted by Gasteiger charge is -2.29. The molecule has 0 aliphatic carbocycles. The molecule has 8 heteroatoms. The van der Waals surface area contributed by atoms with E-state index in [0.29, 0.717) is 19.0 Å². The first kappa shape index (κ1) is 18.3. The van der Waals surface area contributed by atoms with Gasteiger partial charge in [0.15, 0.2) is 0 Å². The summed E-state index contributed by atoms with van der Waals surface area (Å²) in [4.78, 5) is 15.4. The molecule has 0 radical (unpaired) electrons. The zero-order chi connectivity index (χ0) is 18.6. The highest BCUT2D eigenvalue weighted by molar-refractivity contribution is 5.94. The number of nitrogens with zero attached hydrogens (tertiary/aromatic N) is 2. The van der Waals surface area contributed by atoms with Crippen LogP contribution in [0.3, 0.4) is 0 Å². The summed E-state index contributed by atoms with van der Waals surface area (Å²) in [5, 5.41) is 0. The van der Waals surface area contributed by atoms with Gasteiger partial charge in [-0.2, -0.15) is 13.2 Å². The van der Waals surface area contributed by atoms with E-state index in [0.717, 1.165) is 23.7 Å². The van der Waals surface area contributed by atoms with Gasteiger partial charge in [-0.05, 0) is 36.4 Å². The second-order valence-corrected chi connectivity index (χ2v) is 6.00. The number of alkyl halides is 3. The Morgan fingerprint density at radius 1 is 1.12 bits per heavy atom. The van der Waals surface area contributed by atoms with E-state index in [1.54, 1.807) is 30.3 Å². The van der Waals surface area contributed by atoms with Gasteiger partial charge in [0.2, 0.25) is 0 Å². The summed E-state index contributed by atoms with van der Waals surface area (Å²) in [6.07, 6.45) is -3.13. The van der Waals surface area contributed by atoms with Gasteiger partial charge in [0.25, 0.3) is 5.91 Å². The van der Waals surface area contributed by atoms with Gasteiger partial charge in [0.1, 0.15) is 12.3 Å². The Hall–Kier alpha value is -2.48. The molecule has 2 heterocycles. The first-order valence-corrected chi connectivity index (χ1v) is 8.23. The van der Waals surface area contributed by atoms with Crippen LogP contribution in [0.4, 0.5) is 18.9 Å². The standard InChI is InChI=1S/C18H19F3N2O3/c19-18(20,21)13-23(12-16-2-1-9-26-16)17(24)14-3-5-15(6-4-14)22-7-10-25-11-8-22/h1-6,9H,7-8,10-13H2. The molecule has 0 N–H and O–H groups in total. The number of benzene rings is 1. The number of carbonyl (C=O) groups excluding carboxylic acids is 1. The first-order chi connectivity index (χ1) is 12.4. The largest absolute Gasteiger partial charge is 0.467 e. The third-order valence-electron chi connectivity index (χ3n) is 4.07. The number of hydrogen-bond donors (Lipinski definition) is 0. The smallest absolute Gasteiger partial charge is 0.406 e. The molecule has 0 bridgehead atoms. The summed E-state index contributed by atoms with van der Waals surface area (Å²) in [5.41, 5.74) is 1.12. The van der Waals surface area contributed by atoms with Gasteiger partial charge < -0.3 is 19.0 Å². The monoisotopic (exact) mass is 368 g/mol. The van der Waals surface area contributed by atoms with Crippen molar-refractivity contribution in [3.63, 3.8) is 0 Å². The van der Waals surface area contributed by atoms with Crippen LogP contribution in [-0.4, -0.2) is 49.8 Å². The highest BCUT2D eigenvalue weighted by atomic mass is 19.4. The van der Waals surface area contributed by atoms with Crippen LogP contribution in [0.25, 0.3) is 0 Å². The SMILES string of the molecule is O=C(c1ccc(N2CCOCC2)cc1)N(Cc1ccco1)CC(F)(F)F. The summed E-state index contributed by atoms with van der Waals surface area (Å²) in [6, 6.07) is 9.71. The fourth-order valence-corrected chi connectivity index (χ4v) is 2.83. The van der Waals surface area contributed by atoms with Crippen molar-refractivity contribution < 1.29 is 27.1 Å². The Kier molecular flexibility index (Phi) is 5.51. The maximum atomic E-state index is 12.9. The Labute approximate surface area is 148 Å². The summed E-state index contributed by atoms with van der Waals surface area (Å²) in [5.74, 6) is -0.389. The predicted octanol–water partition coefficient (Wildman–Crippen LogP) is 3.32. The van der Waals surface area contributed by atoms with Crippen LogP contribution in [0, 0.1) is 0 Å². The molecule has 1 saturated heterocycles. The molecule has 0 saturated carbocycles. The van der Waals surface area contributed by atoms with Gasteiger partial charge >= 0.3 is 6.18 Å². The van der Waals surface area contributed by atoms with Crippen molar-refractivity contribution in [2.45, 2.75) is 12.7 Å². The Morgan fingerprint density at radius 2 is 1.81 bits per heavy atom. The van der Waals surface area contributed by atoms with E-state index in [2.05, 4.69) is 4.90 Å². The molecule has 1 aromatic heterocycles. The number of ether oxygens (including phenoxy) is 1. The average molecular weight is 368 g/mol. The molecule has 1 fully saturated rings. The lowest BCUT2D eigenvalue weighted by atomic mass is 10.1. The summed E-state index contributed by atoms with van der Waals surface area (Å²) < 4.78 is 49.0. The van der Waals surface area contributed by atoms with Crippen molar-refractivity contribution in [1.29, 1.82) is 0 Å². The number of rotatable bonds is 5. The van der Waals surface area contributed by atoms with E-state index in [1.165, 1.54) is 12.3 Å². The Bertz CT molecular complexity index is 708. The number of carbonyl (C=O) groups is 1. The van der Waals surface area contributed by atoms with Crippen molar-refractivity contribution in [3.8, 4) is 0 Å². The van der Waals surface area contributed by atoms with Crippen molar-refractivity contribution in [1.82, 2.24) is 4.90 Å². The third kappa shape index (κ3) is 4.78. The molecule has 1 aliphatic heterocycles. The lowest BCUT2D eigenvalue weighted by molar-refractivity contribution is -0.142. The topological polar surface area (TPSA) is 45.9 Å². The highest BCUT2D eigenvalue weighted by Gasteiger charge is 2.33. The molecular formula is C18H19F3N2O3. The van der Waals surface area contributed by atoms with Crippen LogP contribution in [0.15, 0.2) is 47.1 Å². The minimum atomic E-state index is -4.49. The molecule has 0 atom stereocenters. The minimum absolute atomic E-state index is 0.206. The highest BCUT2D eigenvalue weighted by Crippen LogP contribution is 2.22. The number of halogens is 3. The quantitative estimate of drug-likeness (QED) is 0.812. The van der Waals surface area contributed by atoms with Gasteiger partial charge in [-0.15, -0.1) is 0 Å². The molecule has 1 amide bonds. The van der Waals surface area contributed by atoms with Crippen molar-refractivity contribution in [2.75, 3.05) is 37.7 Å². The Morgan fingerprint density at radius 3 is 2.38 bits per heavy atom. The van der Waals surface area contributed by atoms with Crippen LogP contribution < -0.4 is 4.90 Å². The molecule has 3 rings (SSSR count). The molecule has 2 aromatic rings. The zero-order valence-corrected chi connectivity index (χ0v) is 14.0. The maximum absolute atomic E-state index is 12.9. The molecule has 0 spiro atoms. The van der Waals surface area contributed by atoms with Gasteiger partial charge in [0, 0.05) is 24.3 Å². The summed E-state index contributed by atoms with van der Waals surface area (Å²) in [6.45, 7) is 1.17. The molecule has 5 nitrogen and oxygen atoms in total. The van der Waals surface area contributed by atoms with Gasteiger partial charge in [-0.3, -0.25) is 4.79 Å². The fourth-order valence-electron chi connectivity index (χ4n) is 2.83. The number of anilines is 1. The molecular weight excluding hydrogens is 349 g/mol. The first-order valence-electron chi connectivity index (χ1n) is 8.23. The van der Waals surface area contributed by atoms with Gasteiger partial charge in [-0.1, -0.05) is 0 Å². The average Bonchev–Trinajstić information content (AvgIpc) is 3.13. The Balaban J connectivity index is 1.74. The van der Waals surface area contributed by atoms with Crippen LogP contribution in [0.2, 0.25) is 0 Å². The summed E-state index contributed by atoms with van der Waals surface area (Å²) >= 11 is 0. The molecule has 0 unspecified atom stereocenters. The molecule has 26 heavy (non-hydrogen) atoms. The second-order valence-electron chi connectivity index (χ2n) is 6.00. The minimum Gasteiger partial charge on any atom is -0.467 e. The van der Waals surface area contributed by atoms with E-state index in [-0.39, 0.29) is 12.1 Å². The fraction of sp³-hybridized carbons (Fsp3) is 0.389.